The number of hydrogen-bond acceptors (Lipinski definition) is 4. The first-order valence-corrected chi connectivity index (χ1v) is 8.06. The zero-order valence-corrected chi connectivity index (χ0v) is 12.8. The zero-order chi connectivity index (χ0) is 14.7. The molecule has 0 spiro atoms. The number of aryl methyl sites for hydroxylation is 1. The summed E-state index contributed by atoms with van der Waals surface area (Å²) in [5.74, 6) is 1.44. The predicted octanol–water partition coefficient (Wildman–Crippen LogP) is 2.01. The van der Waals surface area contributed by atoms with E-state index in [1.165, 1.54) is 6.42 Å². The summed E-state index contributed by atoms with van der Waals surface area (Å²) in [6.07, 6.45) is 7.27. The number of hydrogen-bond donors (Lipinski definition) is 0. The maximum Gasteiger partial charge on any atom is 0.227 e. The van der Waals surface area contributed by atoms with Gasteiger partial charge in [0.25, 0.3) is 0 Å². The van der Waals surface area contributed by atoms with Gasteiger partial charge in [0.2, 0.25) is 5.91 Å². The van der Waals surface area contributed by atoms with Crippen LogP contribution in [-0.2, 0) is 4.79 Å². The van der Waals surface area contributed by atoms with Crippen molar-refractivity contribution in [1.29, 1.82) is 0 Å². The van der Waals surface area contributed by atoms with Gasteiger partial charge < -0.3 is 9.80 Å². The molecule has 2 saturated heterocycles. The van der Waals surface area contributed by atoms with Crippen molar-refractivity contribution in [3.8, 4) is 0 Å². The number of likely N-dealkylation sites (tertiary alicyclic amines) is 1. The third-order valence-corrected chi connectivity index (χ3v) is 4.55. The van der Waals surface area contributed by atoms with Gasteiger partial charge in [-0.3, -0.25) is 4.79 Å². The molecule has 3 rings (SSSR count). The molecule has 2 aliphatic rings. The second-order valence-electron chi connectivity index (χ2n) is 6.19. The molecule has 1 amide bonds. The third kappa shape index (κ3) is 3.34. The second kappa shape index (κ2) is 6.41. The number of amides is 1. The Labute approximate surface area is 126 Å². The Balaban J connectivity index is 1.66. The molecule has 5 heteroatoms. The molecule has 0 radical (unpaired) electrons. The summed E-state index contributed by atoms with van der Waals surface area (Å²) in [5.41, 5.74) is 0.976. The number of nitrogens with zero attached hydrogens (tertiary/aromatic N) is 4. The smallest absolute Gasteiger partial charge is 0.227 e. The molecule has 114 valence electrons. The van der Waals surface area contributed by atoms with Gasteiger partial charge in [-0.05, 0) is 39.0 Å². The van der Waals surface area contributed by atoms with Gasteiger partial charge in [0, 0.05) is 37.9 Å². The van der Waals surface area contributed by atoms with E-state index < -0.39 is 0 Å². The summed E-state index contributed by atoms with van der Waals surface area (Å²) >= 11 is 0. The summed E-state index contributed by atoms with van der Waals surface area (Å²) in [6, 6.07) is 2.01. The van der Waals surface area contributed by atoms with Crippen molar-refractivity contribution >= 4 is 11.7 Å². The minimum atomic E-state index is 0.132. The lowest BCUT2D eigenvalue weighted by molar-refractivity contribution is -0.136. The highest BCUT2D eigenvalue weighted by Gasteiger charge is 2.30. The molecule has 0 aromatic carbocycles. The van der Waals surface area contributed by atoms with Gasteiger partial charge in [0.15, 0.2) is 0 Å². The first kappa shape index (κ1) is 14.3. The normalized spacial score (nSPS) is 23.2. The summed E-state index contributed by atoms with van der Waals surface area (Å²) in [4.78, 5) is 25.5. The molecule has 1 aromatic rings. The van der Waals surface area contributed by atoms with E-state index in [1.807, 2.05) is 13.0 Å². The number of carbonyl (C=O) groups excluding carboxylic acids is 1. The number of aromatic nitrogens is 2. The van der Waals surface area contributed by atoms with Gasteiger partial charge in [0.05, 0.1) is 5.92 Å². The largest absolute Gasteiger partial charge is 0.356 e. The second-order valence-corrected chi connectivity index (χ2v) is 6.19. The van der Waals surface area contributed by atoms with Crippen LogP contribution in [-0.4, -0.2) is 47.0 Å². The molecular weight excluding hydrogens is 264 g/mol. The first-order chi connectivity index (χ1) is 10.2. The highest BCUT2D eigenvalue weighted by Crippen LogP contribution is 2.24. The van der Waals surface area contributed by atoms with E-state index in [0.29, 0.717) is 5.91 Å². The molecular formula is C16H24N4O. The molecule has 2 fully saturated rings. The molecule has 1 atom stereocenters. The Morgan fingerprint density at radius 1 is 1.14 bits per heavy atom. The monoisotopic (exact) mass is 288 g/mol. The average molecular weight is 288 g/mol. The van der Waals surface area contributed by atoms with E-state index in [4.69, 9.17) is 0 Å². The molecule has 0 N–H and O–H groups in total. The van der Waals surface area contributed by atoms with Crippen molar-refractivity contribution < 1.29 is 4.79 Å². The van der Waals surface area contributed by atoms with Crippen LogP contribution in [0.15, 0.2) is 12.4 Å². The van der Waals surface area contributed by atoms with Gasteiger partial charge in [0.1, 0.15) is 12.1 Å². The fourth-order valence-electron chi connectivity index (χ4n) is 3.37. The van der Waals surface area contributed by atoms with Crippen molar-refractivity contribution in [2.24, 2.45) is 5.92 Å². The van der Waals surface area contributed by atoms with Crippen LogP contribution in [0, 0.1) is 12.8 Å². The van der Waals surface area contributed by atoms with Crippen LogP contribution in [0.1, 0.15) is 37.8 Å². The van der Waals surface area contributed by atoms with Crippen molar-refractivity contribution in [3.63, 3.8) is 0 Å². The molecule has 1 aromatic heterocycles. The maximum atomic E-state index is 12.7. The predicted molar refractivity (Wildman–Crippen MR) is 82.1 cm³/mol. The van der Waals surface area contributed by atoms with Crippen LogP contribution < -0.4 is 4.90 Å². The average Bonchev–Trinajstić information content (AvgIpc) is 2.55. The van der Waals surface area contributed by atoms with E-state index in [9.17, 15) is 4.79 Å². The third-order valence-electron chi connectivity index (χ3n) is 4.55. The molecule has 0 bridgehead atoms. The fraction of sp³-hybridized carbons (Fsp3) is 0.688. The molecule has 1 unspecified atom stereocenters. The van der Waals surface area contributed by atoms with E-state index >= 15 is 0 Å². The molecule has 3 heterocycles. The highest BCUT2D eigenvalue weighted by molar-refractivity contribution is 5.79. The molecule has 0 aliphatic carbocycles. The van der Waals surface area contributed by atoms with E-state index in [-0.39, 0.29) is 5.92 Å². The highest BCUT2D eigenvalue weighted by atomic mass is 16.2. The molecule has 5 nitrogen and oxygen atoms in total. The van der Waals surface area contributed by atoms with Crippen molar-refractivity contribution in [1.82, 2.24) is 14.9 Å². The topological polar surface area (TPSA) is 49.3 Å². The van der Waals surface area contributed by atoms with Crippen LogP contribution >= 0.6 is 0 Å². The molecule has 21 heavy (non-hydrogen) atoms. The summed E-state index contributed by atoms with van der Waals surface area (Å²) in [7, 11) is 0. The zero-order valence-electron chi connectivity index (χ0n) is 12.8. The van der Waals surface area contributed by atoms with Crippen molar-refractivity contribution in [2.45, 2.75) is 39.0 Å². The number of piperidine rings is 2. The van der Waals surface area contributed by atoms with Crippen LogP contribution in [0.4, 0.5) is 5.82 Å². The maximum absolute atomic E-state index is 12.7. The lowest BCUT2D eigenvalue weighted by Gasteiger charge is -2.36. The Bertz CT molecular complexity index is 499. The summed E-state index contributed by atoms with van der Waals surface area (Å²) in [6.45, 7) is 5.65. The first-order valence-electron chi connectivity index (χ1n) is 8.06. The Kier molecular flexibility index (Phi) is 4.36. The quantitative estimate of drug-likeness (QED) is 0.835. The van der Waals surface area contributed by atoms with Crippen LogP contribution in [0.2, 0.25) is 0 Å². The number of carbonyl (C=O) groups is 1. The van der Waals surface area contributed by atoms with Crippen LogP contribution in [0.25, 0.3) is 0 Å². The van der Waals surface area contributed by atoms with Crippen molar-refractivity contribution in [2.75, 3.05) is 31.1 Å². The van der Waals surface area contributed by atoms with Gasteiger partial charge >= 0.3 is 0 Å². The summed E-state index contributed by atoms with van der Waals surface area (Å²) < 4.78 is 0. The lowest BCUT2D eigenvalue weighted by atomic mass is 9.95. The summed E-state index contributed by atoms with van der Waals surface area (Å²) in [5, 5.41) is 0. The van der Waals surface area contributed by atoms with Crippen LogP contribution in [0.3, 0.4) is 0 Å². The number of anilines is 1. The molecule has 2 aliphatic heterocycles. The van der Waals surface area contributed by atoms with Crippen LogP contribution in [0.5, 0.6) is 0 Å². The number of rotatable bonds is 2. The minimum absolute atomic E-state index is 0.132. The van der Waals surface area contributed by atoms with E-state index in [1.54, 1.807) is 6.33 Å². The fourth-order valence-corrected chi connectivity index (χ4v) is 3.37. The van der Waals surface area contributed by atoms with E-state index in [0.717, 1.165) is 63.4 Å². The lowest BCUT2D eigenvalue weighted by Crippen LogP contribution is -2.46. The minimum Gasteiger partial charge on any atom is -0.356 e. The van der Waals surface area contributed by atoms with Gasteiger partial charge in [-0.1, -0.05) is 0 Å². The molecule has 0 saturated carbocycles. The van der Waals surface area contributed by atoms with Gasteiger partial charge in [-0.15, -0.1) is 0 Å². The Hall–Kier alpha value is -1.65. The van der Waals surface area contributed by atoms with Crippen molar-refractivity contribution in [3.05, 3.63) is 18.1 Å². The Morgan fingerprint density at radius 2 is 1.95 bits per heavy atom. The SMILES string of the molecule is Cc1cc(N2CCCC(C(=O)N3CCCCC3)C2)ncn1. The Morgan fingerprint density at radius 3 is 2.71 bits per heavy atom. The standard InChI is InChI=1S/C16H24N4O/c1-13-10-15(18-12-17-13)20-9-5-6-14(11-20)16(21)19-7-3-2-4-8-19/h10,12,14H,2-9,11H2,1H3. The van der Waals surface area contributed by atoms with Gasteiger partial charge in [-0.25, -0.2) is 9.97 Å². The van der Waals surface area contributed by atoms with E-state index in [2.05, 4.69) is 19.8 Å². The van der Waals surface area contributed by atoms with Gasteiger partial charge in [-0.2, -0.15) is 0 Å².